The maximum Gasteiger partial charge on any atom is 0.304 e. The summed E-state index contributed by atoms with van der Waals surface area (Å²) < 4.78 is 18.8. The van der Waals surface area contributed by atoms with Crippen molar-refractivity contribution >= 4 is 5.97 Å². The second kappa shape index (κ2) is 4.02. The molecule has 0 radical (unpaired) electrons. The van der Waals surface area contributed by atoms with Crippen molar-refractivity contribution in [2.75, 3.05) is 7.11 Å². The van der Waals surface area contributed by atoms with Crippen LogP contribution in [-0.4, -0.2) is 18.2 Å². The molecule has 17 heavy (non-hydrogen) atoms. The van der Waals surface area contributed by atoms with Gasteiger partial charge in [-0.25, -0.2) is 4.39 Å². The van der Waals surface area contributed by atoms with E-state index in [0.717, 1.165) is 12.8 Å². The maximum atomic E-state index is 13.6. The second-order valence-electron chi connectivity index (χ2n) is 4.65. The summed E-state index contributed by atoms with van der Waals surface area (Å²) in [7, 11) is 1.52. The Bertz CT molecular complexity index is 464. The highest BCUT2D eigenvalue weighted by Crippen LogP contribution is 2.54. The predicted molar refractivity (Wildman–Crippen MR) is 60.9 cm³/mol. The molecule has 92 valence electrons. The van der Waals surface area contributed by atoms with Gasteiger partial charge in [0.05, 0.1) is 13.5 Å². The number of hydrogen-bond donors (Lipinski definition) is 1. The van der Waals surface area contributed by atoms with Crippen LogP contribution in [0.5, 0.6) is 5.75 Å². The quantitative estimate of drug-likeness (QED) is 0.877. The van der Waals surface area contributed by atoms with Crippen LogP contribution in [0, 0.1) is 12.7 Å². The number of methoxy groups -OCH3 is 1. The van der Waals surface area contributed by atoms with Gasteiger partial charge in [-0.3, -0.25) is 4.79 Å². The Morgan fingerprint density at radius 2 is 2.18 bits per heavy atom. The van der Waals surface area contributed by atoms with Gasteiger partial charge in [0, 0.05) is 11.0 Å². The van der Waals surface area contributed by atoms with E-state index in [9.17, 15) is 9.18 Å². The van der Waals surface area contributed by atoms with Crippen molar-refractivity contribution in [2.24, 2.45) is 0 Å². The lowest BCUT2D eigenvalue weighted by Gasteiger charge is -2.18. The molecule has 0 aromatic heterocycles. The van der Waals surface area contributed by atoms with Crippen molar-refractivity contribution in [1.29, 1.82) is 0 Å². The minimum absolute atomic E-state index is 0.0336. The first-order chi connectivity index (χ1) is 7.98. The lowest BCUT2D eigenvalue weighted by Crippen LogP contribution is -2.14. The number of ether oxygens (including phenoxy) is 1. The highest BCUT2D eigenvalue weighted by atomic mass is 19.1. The smallest absolute Gasteiger partial charge is 0.304 e. The van der Waals surface area contributed by atoms with Gasteiger partial charge in [-0.1, -0.05) is 0 Å². The van der Waals surface area contributed by atoms with E-state index in [0.29, 0.717) is 16.9 Å². The van der Waals surface area contributed by atoms with Gasteiger partial charge < -0.3 is 9.84 Å². The third-order valence-electron chi connectivity index (χ3n) is 3.40. The number of hydrogen-bond acceptors (Lipinski definition) is 2. The summed E-state index contributed by atoms with van der Waals surface area (Å²) in [6.45, 7) is 1.67. The summed E-state index contributed by atoms with van der Waals surface area (Å²) in [6.07, 6.45) is 1.59. The molecule has 0 heterocycles. The molecule has 1 aromatic carbocycles. The number of rotatable bonds is 4. The Morgan fingerprint density at radius 1 is 1.53 bits per heavy atom. The minimum Gasteiger partial charge on any atom is -0.496 e. The number of carboxylic acids is 1. The van der Waals surface area contributed by atoms with Crippen LogP contribution in [0.25, 0.3) is 0 Å². The summed E-state index contributed by atoms with van der Waals surface area (Å²) in [6, 6.07) is 3.05. The Balaban J connectivity index is 2.44. The zero-order valence-electron chi connectivity index (χ0n) is 9.92. The summed E-state index contributed by atoms with van der Waals surface area (Å²) in [5, 5.41) is 8.90. The predicted octanol–water partition coefficient (Wildman–Crippen LogP) is 2.65. The molecule has 1 aliphatic carbocycles. The largest absolute Gasteiger partial charge is 0.496 e. The van der Waals surface area contributed by atoms with Gasteiger partial charge in [-0.2, -0.15) is 0 Å². The van der Waals surface area contributed by atoms with E-state index in [4.69, 9.17) is 9.84 Å². The Labute approximate surface area is 99.2 Å². The summed E-state index contributed by atoms with van der Waals surface area (Å²) in [4.78, 5) is 10.8. The molecule has 1 N–H and O–H groups in total. The molecule has 1 saturated carbocycles. The van der Waals surface area contributed by atoms with Crippen LogP contribution in [0.4, 0.5) is 4.39 Å². The van der Waals surface area contributed by atoms with Crippen LogP contribution in [0.1, 0.15) is 30.4 Å². The first kappa shape index (κ1) is 11.9. The van der Waals surface area contributed by atoms with E-state index in [1.54, 1.807) is 13.0 Å². The molecule has 0 spiro atoms. The molecule has 0 atom stereocenters. The normalized spacial score (nSPS) is 16.6. The first-order valence-electron chi connectivity index (χ1n) is 5.55. The fourth-order valence-corrected chi connectivity index (χ4v) is 2.22. The van der Waals surface area contributed by atoms with E-state index in [2.05, 4.69) is 0 Å². The second-order valence-corrected chi connectivity index (χ2v) is 4.65. The number of halogens is 1. The molecular formula is C13H15FO3. The first-order valence-corrected chi connectivity index (χ1v) is 5.55. The standard InChI is InChI=1S/C13H15FO3/c1-8-5-11(17-2)9(6-10(8)14)13(3-4-13)7-12(15)16/h5-6H,3-4,7H2,1-2H3,(H,15,16). The van der Waals surface area contributed by atoms with Gasteiger partial charge in [0.1, 0.15) is 11.6 Å². The highest BCUT2D eigenvalue weighted by molar-refractivity contribution is 5.70. The van der Waals surface area contributed by atoms with Crippen LogP contribution in [0.2, 0.25) is 0 Å². The Morgan fingerprint density at radius 3 is 2.65 bits per heavy atom. The zero-order valence-corrected chi connectivity index (χ0v) is 9.92. The summed E-state index contributed by atoms with van der Waals surface area (Å²) in [5.41, 5.74) is 0.772. The van der Waals surface area contributed by atoms with E-state index in [1.165, 1.54) is 13.2 Å². The van der Waals surface area contributed by atoms with Gasteiger partial charge in [0.15, 0.2) is 0 Å². The molecule has 1 fully saturated rings. The molecule has 0 amide bonds. The zero-order chi connectivity index (χ0) is 12.6. The molecule has 0 unspecified atom stereocenters. The van der Waals surface area contributed by atoms with Gasteiger partial charge in [0.2, 0.25) is 0 Å². The van der Waals surface area contributed by atoms with Gasteiger partial charge in [-0.05, 0) is 37.5 Å². The van der Waals surface area contributed by atoms with Crippen LogP contribution in [0.3, 0.4) is 0 Å². The van der Waals surface area contributed by atoms with Crippen molar-refractivity contribution in [1.82, 2.24) is 0 Å². The molecular weight excluding hydrogens is 223 g/mol. The summed E-state index contributed by atoms with van der Waals surface area (Å²) in [5.74, 6) is -0.578. The highest BCUT2D eigenvalue weighted by Gasteiger charge is 2.48. The summed E-state index contributed by atoms with van der Waals surface area (Å²) >= 11 is 0. The van der Waals surface area contributed by atoms with E-state index >= 15 is 0 Å². The van der Waals surface area contributed by atoms with E-state index < -0.39 is 11.4 Å². The molecule has 0 aliphatic heterocycles. The van der Waals surface area contributed by atoms with Crippen LogP contribution in [-0.2, 0) is 10.2 Å². The topological polar surface area (TPSA) is 46.5 Å². The minimum atomic E-state index is -0.856. The lowest BCUT2D eigenvalue weighted by atomic mass is 9.90. The third-order valence-corrected chi connectivity index (χ3v) is 3.40. The SMILES string of the molecule is COc1cc(C)c(F)cc1C1(CC(=O)O)CC1. The molecule has 0 bridgehead atoms. The number of carboxylic acid groups (broad SMARTS) is 1. The Kier molecular flexibility index (Phi) is 2.81. The molecule has 0 saturated heterocycles. The van der Waals surface area contributed by atoms with Crippen LogP contribution in [0.15, 0.2) is 12.1 Å². The molecule has 4 heteroatoms. The third kappa shape index (κ3) is 2.12. The average molecular weight is 238 g/mol. The maximum absolute atomic E-state index is 13.6. The molecule has 3 nitrogen and oxygen atoms in total. The average Bonchev–Trinajstić information content (AvgIpc) is 3.01. The molecule has 2 rings (SSSR count). The number of carbonyl (C=O) groups is 1. The van der Waals surface area contributed by atoms with Crippen molar-refractivity contribution < 1.29 is 19.0 Å². The Hall–Kier alpha value is -1.58. The van der Waals surface area contributed by atoms with Crippen LogP contribution >= 0.6 is 0 Å². The number of benzene rings is 1. The molecule has 1 aromatic rings. The van der Waals surface area contributed by atoms with Crippen molar-refractivity contribution in [3.8, 4) is 5.75 Å². The fraction of sp³-hybridized carbons (Fsp3) is 0.462. The van der Waals surface area contributed by atoms with Crippen molar-refractivity contribution in [2.45, 2.75) is 31.6 Å². The van der Waals surface area contributed by atoms with E-state index in [-0.39, 0.29) is 12.2 Å². The van der Waals surface area contributed by atoms with Gasteiger partial charge in [0.25, 0.3) is 0 Å². The van der Waals surface area contributed by atoms with Gasteiger partial charge in [-0.15, -0.1) is 0 Å². The van der Waals surface area contributed by atoms with Gasteiger partial charge >= 0.3 is 5.97 Å². The number of aryl methyl sites for hydroxylation is 1. The van der Waals surface area contributed by atoms with Crippen molar-refractivity contribution in [3.05, 3.63) is 29.1 Å². The molecule has 1 aliphatic rings. The monoisotopic (exact) mass is 238 g/mol. The van der Waals surface area contributed by atoms with E-state index in [1.807, 2.05) is 0 Å². The number of aliphatic carboxylic acids is 1. The fourth-order valence-electron chi connectivity index (χ4n) is 2.22. The van der Waals surface area contributed by atoms with Crippen molar-refractivity contribution in [3.63, 3.8) is 0 Å². The lowest BCUT2D eigenvalue weighted by molar-refractivity contribution is -0.137. The van der Waals surface area contributed by atoms with Crippen LogP contribution < -0.4 is 4.74 Å².